The summed E-state index contributed by atoms with van der Waals surface area (Å²) in [5, 5.41) is 6.40. The second-order valence-corrected chi connectivity index (χ2v) is 6.93. The third-order valence-corrected chi connectivity index (χ3v) is 5.37. The molecule has 126 valence electrons. The van der Waals surface area contributed by atoms with E-state index < -0.39 is 11.9 Å². The molecule has 0 spiro atoms. The highest BCUT2D eigenvalue weighted by molar-refractivity contribution is 7.13. The summed E-state index contributed by atoms with van der Waals surface area (Å²) in [6.07, 6.45) is -4.40. The van der Waals surface area contributed by atoms with E-state index in [1.807, 2.05) is 11.4 Å². The zero-order valence-electron chi connectivity index (χ0n) is 12.2. The number of rotatable bonds is 5. The molecular weight excluding hydrogens is 347 g/mol. The van der Waals surface area contributed by atoms with E-state index in [1.165, 1.54) is 4.88 Å². The van der Waals surface area contributed by atoms with Crippen molar-refractivity contribution >= 4 is 27.8 Å². The van der Waals surface area contributed by atoms with Gasteiger partial charge in [-0.25, -0.2) is 4.98 Å². The average Bonchev–Trinajstić information content (AvgIpc) is 3.19. The van der Waals surface area contributed by atoms with Gasteiger partial charge in [0.15, 0.2) is 10.8 Å². The van der Waals surface area contributed by atoms with Gasteiger partial charge in [0, 0.05) is 29.9 Å². The Bertz CT molecular complexity index is 609. The molecule has 23 heavy (non-hydrogen) atoms. The minimum absolute atomic E-state index is 0.108. The quantitative estimate of drug-likeness (QED) is 0.879. The molecule has 9 heteroatoms. The number of alkyl halides is 3. The number of hydrogen-bond donors (Lipinski definition) is 1. The van der Waals surface area contributed by atoms with Crippen molar-refractivity contribution in [3.63, 3.8) is 0 Å². The first-order valence-electron chi connectivity index (χ1n) is 7.16. The third kappa shape index (κ3) is 4.23. The number of nitrogens with zero attached hydrogens (tertiary/aromatic N) is 2. The number of ether oxygens (including phenoxy) is 1. The number of morpholine rings is 1. The van der Waals surface area contributed by atoms with E-state index in [9.17, 15) is 13.2 Å². The molecule has 0 aliphatic carbocycles. The molecule has 0 bridgehead atoms. The second kappa shape index (κ2) is 7.16. The topological polar surface area (TPSA) is 37.4 Å². The van der Waals surface area contributed by atoms with Crippen LogP contribution in [0.1, 0.15) is 16.6 Å². The summed E-state index contributed by atoms with van der Waals surface area (Å²) < 4.78 is 43.2. The maximum atomic E-state index is 12.6. The van der Waals surface area contributed by atoms with Crippen LogP contribution in [0, 0.1) is 0 Å². The van der Waals surface area contributed by atoms with Crippen molar-refractivity contribution in [1.29, 1.82) is 0 Å². The molecule has 3 heterocycles. The molecule has 1 atom stereocenters. The van der Waals surface area contributed by atoms with Crippen molar-refractivity contribution in [2.45, 2.75) is 12.2 Å². The molecule has 1 unspecified atom stereocenters. The van der Waals surface area contributed by atoms with Crippen molar-refractivity contribution in [2.24, 2.45) is 0 Å². The Morgan fingerprint density at radius 1 is 1.30 bits per heavy atom. The van der Waals surface area contributed by atoms with Crippen LogP contribution in [0.4, 0.5) is 18.3 Å². The van der Waals surface area contributed by atoms with Crippen molar-refractivity contribution in [3.8, 4) is 0 Å². The summed E-state index contributed by atoms with van der Waals surface area (Å²) in [6, 6.07) is 4.14. The van der Waals surface area contributed by atoms with Crippen LogP contribution in [-0.4, -0.2) is 42.7 Å². The molecule has 0 saturated carbocycles. The van der Waals surface area contributed by atoms with Gasteiger partial charge < -0.3 is 10.1 Å². The molecular formula is C14H16F3N3OS2. The van der Waals surface area contributed by atoms with E-state index in [2.05, 4.69) is 21.3 Å². The Labute approximate surface area is 139 Å². The second-order valence-electron chi connectivity index (χ2n) is 5.10. The number of thiophene rings is 1. The lowest BCUT2D eigenvalue weighted by Crippen LogP contribution is -2.41. The highest BCUT2D eigenvalue weighted by Gasteiger charge is 2.34. The van der Waals surface area contributed by atoms with Gasteiger partial charge in [-0.3, -0.25) is 4.90 Å². The highest BCUT2D eigenvalue weighted by Crippen LogP contribution is 2.32. The number of halogens is 3. The fourth-order valence-electron chi connectivity index (χ4n) is 2.45. The van der Waals surface area contributed by atoms with E-state index in [1.54, 1.807) is 11.3 Å². The lowest BCUT2D eigenvalue weighted by atomic mass is 10.2. The molecule has 1 N–H and O–H groups in total. The van der Waals surface area contributed by atoms with Crippen molar-refractivity contribution in [3.05, 3.63) is 33.5 Å². The lowest BCUT2D eigenvalue weighted by Gasteiger charge is -2.34. The van der Waals surface area contributed by atoms with E-state index in [-0.39, 0.29) is 6.04 Å². The summed E-state index contributed by atoms with van der Waals surface area (Å²) >= 11 is 2.63. The fraction of sp³-hybridized carbons (Fsp3) is 0.500. The van der Waals surface area contributed by atoms with Crippen LogP contribution >= 0.6 is 22.7 Å². The van der Waals surface area contributed by atoms with Crippen molar-refractivity contribution in [1.82, 2.24) is 9.88 Å². The molecule has 0 amide bonds. The minimum Gasteiger partial charge on any atom is -0.379 e. The van der Waals surface area contributed by atoms with Crippen LogP contribution in [0.3, 0.4) is 0 Å². The average molecular weight is 363 g/mol. The zero-order chi connectivity index (χ0) is 16.3. The fourth-order valence-corrected chi connectivity index (χ4v) is 4.04. The summed E-state index contributed by atoms with van der Waals surface area (Å²) in [6.45, 7) is 3.51. The molecule has 1 aliphatic rings. The number of nitrogens with one attached hydrogen (secondary N) is 1. The van der Waals surface area contributed by atoms with Gasteiger partial charge >= 0.3 is 6.18 Å². The predicted molar refractivity (Wildman–Crippen MR) is 85.1 cm³/mol. The third-order valence-electron chi connectivity index (χ3n) is 3.60. The van der Waals surface area contributed by atoms with Crippen LogP contribution in [0.5, 0.6) is 0 Å². The largest absolute Gasteiger partial charge is 0.434 e. The van der Waals surface area contributed by atoms with Crippen molar-refractivity contribution < 1.29 is 17.9 Å². The van der Waals surface area contributed by atoms with Gasteiger partial charge in [-0.2, -0.15) is 13.2 Å². The van der Waals surface area contributed by atoms with Gasteiger partial charge in [-0.1, -0.05) is 6.07 Å². The summed E-state index contributed by atoms with van der Waals surface area (Å²) in [7, 11) is 0. The van der Waals surface area contributed by atoms with E-state index in [0.717, 1.165) is 29.8 Å². The summed E-state index contributed by atoms with van der Waals surface area (Å²) in [5.41, 5.74) is -0.843. The lowest BCUT2D eigenvalue weighted by molar-refractivity contribution is -0.140. The van der Waals surface area contributed by atoms with Gasteiger partial charge in [0.05, 0.1) is 19.3 Å². The molecule has 3 rings (SSSR count). The normalized spacial score (nSPS) is 18.0. The Morgan fingerprint density at radius 3 is 2.70 bits per heavy atom. The number of anilines is 1. The Balaban J connectivity index is 1.68. The van der Waals surface area contributed by atoms with Crippen LogP contribution < -0.4 is 5.32 Å². The maximum Gasteiger partial charge on any atom is 0.434 e. The first-order valence-corrected chi connectivity index (χ1v) is 8.92. The minimum atomic E-state index is -4.40. The Hall–Kier alpha value is -1.16. The van der Waals surface area contributed by atoms with Crippen LogP contribution in [0.25, 0.3) is 0 Å². The molecule has 1 saturated heterocycles. The van der Waals surface area contributed by atoms with Crippen molar-refractivity contribution in [2.75, 3.05) is 38.2 Å². The van der Waals surface area contributed by atoms with Gasteiger partial charge in [0.2, 0.25) is 0 Å². The van der Waals surface area contributed by atoms with E-state index >= 15 is 0 Å². The molecule has 1 aliphatic heterocycles. The monoisotopic (exact) mass is 363 g/mol. The molecule has 1 fully saturated rings. The van der Waals surface area contributed by atoms with E-state index in [4.69, 9.17) is 4.74 Å². The van der Waals surface area contributed by atoms with Gasteiger partial charge in [-0.05, 0) is 11.4 Å². The van der Waals surface area contributed by atoms with Gasteiger partial charge in [-0.15, -0.1) is 22.7 Å². The number of thiazole rings is 1. The standard InChI is InChI=1S/C14H16F3N3OS2/c15-14(16,17)12-9-23-13(19-12)18-8-10(11-2-1-7-22-11)20-3-5-21-6-4-20/h1-2,7,9-10H,3-6,8H2,(H,18,19). The van der Waals surface area contributed by atoms with E-state index in [0.29, 0.717) is 24.9 Å². The molecule has 2 aromatic heterocycles. The number of aromatic nitrogens is 1. The Morgan fingerprint density at radius 2 is 2.09 bits per heavy atom. The Kier molecular flexibility index (Phi) is 5.20. The molecule has 4 nitrogen and oxygen atoms in total. The summed E-state index contributed by atoms with van der Waals surface area (Å²) in [5.74, 6) is 0. The first-order chi connectivity index (χ1) is 11.0. The smallest absolute Gasteiger partial charge is 0.379 e. The van der Waals surface area contributed by atoms with Crippen LogP contribution in [0.2, 0.25) is 0 Å². The summed E-state index contributed by atoms with van der Waals surface area (Å²) in [4.78, 5) is 7.10. The van der Waals surface area contributed by atoms with Gasteiger partial charge in [0.25, 0.3) is 0 Å². The highest BCUT2D eigenvalue weighted by atomic mass is 32.1. The molecule has 0 radical (unpaired) electrons. The van der Waals surface area contributed by atoms with Crippen LogP contribution in [0.15, 0.2) is 22.9 Å². The predicted octanol–water partition coefficient (Wildman–Crippen LogP) is 3.71. The SMILES string of the molecule is FC(F)(F)c1csc(NCC(c2cccs2)N2CCOCC2)n1. The van der Waals surface area contributed by atoms with Gasteiger partial charge in [0.1, 0.15) is 0 Å². The number of hydrogen-bond acceptors (Lipinski definition) is 6. The maximum absolute atomic E-state index is 12.6. The molecule has 0 aromatic carbocycles. The molecule has 2 aromatic rings. The first kappa shape index (κ1) is 16.7. The zero-order valence-corrected chi connectivity index (χ0v) is 13.8. The van der Waals surface area contributed by atoms with Crippen LogP contribution in [-0.2, 0) is 10.9 Å².